The lowest BCUT2D eigenvalue weighted by Crippen LogP contribution is -2.23. The Balaban J connectivity index is 2.00. The van der Waals surface area contributed by atoms with E-state index in [1.165, 1.54) is 12.1 Å². The molecule has 1 aliphatic rings. The highest BCUT2D eigenvalue weighted by atomic mass is 19.1. The van der Waals surface area contributed by atoms with Gasteiger partial charge in [-0.3, -0.25) is 10.1 Å². The van der Waals surface area contributed by atoms with Crippen molar-refractivity contribution < 1.29 is 14.1 Å². The molecule has 96 valence electrons. The standard InChI is InChI=1S/C12H13FN2O3/c13-9-5-10(7-11(6-9)15(16)17)14-8-12-3-1-2-4-18-12/h2,4-7,12,14H,1,3,8H2. The van der Waals surface area contributed by atoms with Crippen molar-refractivity contribution in [1.82, 2.24) is 0 Å². The van der Waals surface area contributed by atoms with E-state index in [1.54, 1.807) is 6.26 Å². The normalized spacial score (nSPS) is 18.2. The minimum absolute atomic E-state index is 0.0114. The van der Waals surface area contributed by atoms with Crippen LogP contribution in [0.5, 0.6) is 0 Å². The number of allylic oxidation sites excluding steroid dienone is 1. The first kappa shape index (κ1) is 12.3. The number of halogens is 1. The van der Waals surface area contributed by atoms with Gasteiger partial charge in [-0.25, -0.2) is 4.39 Å². The second-order valence-electron chi connectivity index (χ2n) is 4.04. The zero-order chi connectivity index (χ0) is 13.0. The van der Waals surface area contributed by atoms with Crippen molar-refractivity contribution in [2.24, 2.45) is 0 Å². The third-order valence-electron chi connectivity index (χ3n) is 2.65. The van der Waals surface area contributed by atoms with Crippen molar-refractivity contribution in [1.29, 1.82) is 0 Å². The van der Waals surface area contributed by atoms with Gasteiger partial charge in [-0.15, -0.1) is 0 Å². The summed E-state index contributed by atoms with van der Waals surface area (Å²) in [5, 5.41) is 13.5. The van der Waals surface area contributed by atoms with Crippen molar-refractivity contribution in [3.8, 4) is 0 Å². The van der Waals surface area contributed by atoms with Crippen molar-refractivity contribution >= 4 is 11.4 Å². The Kier molecular flexibility index (Phi) is 3.76. The van der Waals surface area contributed by atoms with Gasteiger partial charge in [0.2, 0.25) is 0 Å². The van der Waals surface area contributed by atoms with Gasteiger partial charge in [-0.1, -0.05) is 0 Å². The molecule has 18 heavy (non-hydrogen) atoms. The van der Waals surface area contributed by atoms with E-state index in [0.29, 0.717) is 12.2 Å². The first-order valence-corrected chi connectivity index (χ1v) is 5.64. The molecular weight excluding hydrogens is 239 g/mol. The Hall–Kier alpha value is -2.11. The fourth-order valence-electron chi connectivity index (χ4n) is 1.75. The van der Waals surface area contributed by atoms with Crippen molar-refractivity contribution in [2.75, 3.05) is 11.9 Å². The van der Waals surface area contributed by atoms with Gasteiger partial charge in [0.25, 0.3) is 5.69 Å². The van der Waals surface area contributed by atoms with Gasteiger partial charge in [-0.2, -0.15) is 0 Å². The van der Waals surface area contributed by atoms with E-state index in [2.05, 4.69) is 5.32 Å². The van der Waals surface area contributed by atoms with Crippen LogP contribution in [-0.4, -0.2) is 17.6 Å². The van der Waals surface area contributed by atoms with Crippen LogP contribution >= 0.6 is 0 Å². The van der Waals surface area contributed by atoms with Crippen LogP contribution in [0.15, 0.2) is 30.5 Å². The SMILES string of the molecule is O=[N+]([O-])c1cc(F)cc(NCC2CCC=CO2)c1. The minimum atomic E-state index is -0.629. The summed E-state index contributed by atoms with van der Waals surface area (Å²) in [6.45, 7) is 0.491. The Morgan fingerprint density at radius 3 is 3.00 bits per heavy atom. The lowest BCUT2D eigenvalue weighted by molar-refractivity contribution is -0.385. The summed E-state index contributed by atoms with van der Waals surface area (Å²) >= 11 is 0. The molecule has 0 radical (unpaired) electrons. The maximum Gasteiger partial charge on any atom is 0.274 e. The number of nitro groups is 1. The molecule has 0 spiro atoms. The molecule has 0 fully saturated rings. The second-order valence-corrected chi connectivity index (χ2v) is 4.04. The molecule has 6 heteroatoms. The number of rotatable bonds is 4. The number of nitro benzene ring substituents is 1. The molecule has 0 saturated heterocycles. The number of hydrogen-bond donors (Lipinski definition) is 1. The van der Waals surface area contributed by atoms with Crippen LogP contribution < -0.4 is 5.32 Å². The fraction of sp³-hybridized carbons (Fsp3) is 0.333. The summed E-state index contributed by atoms with van der Waals surface area (Å²) in [5.41, 5.74) is 0.127. The van der Waals surface area contributed by atoms with E-state index in [0.717, 1.165) is 18.9 Å². The minimum Gasteiger partial charge on any atom is -0.497 e. The fourth-order valence-corrected chi connectivity index (χ4v) is 1.75. The quantitative estimate of drug-likeness (QED) is 0.661. The number of hydrogen-bond acceptors (Lipinski definition) is 4. The predicted molar refractivity (Wildman–Crippen MR) is 64.8 cm³/mol. The third kappa shape index (κ3) is 3.19. The molecule has 1 aromatic carbocycles. The maximum atomic E-state index is 13.2. The van der Waals surface area contributed by atoms with Gasteiger partial charge in [0, 0.05) is 11.8 Å². The molecule has 2 rings (SSSR count). The summed E-state index contributed by atoms with van der Waals surface area (Å²) in [4.78, 5) is 9.97. The predicted octanol–water partition coefficient (Wildman–Crippen LogP) is 2.84. The molecule has 0 amide bonds. The number of nitrogens with one attached hydrogen (secondary N) is 1. The van der Waals surface area contributed by atoms with Crippen LogP contribution in [0, 0.1) is 15.9 Å². The Labute approximate surface area is 103 Å². The number of benzene rings is 1. The number of ether oxygens (including phenoxy) is 1. The van der Waals surface area contributed by atoms with Crippen LogP contribution in [-0.2, 0) is 4.74 Å². The first-order valence-electron chi connectivity index (χ1n) is 5.64. The zero-order valence-electron chi connectivity index (χ0n) is 9.64. The van der Waals surface area contributed by atoms with Crippen LogP contribution in [0.3, 0.4) is 0 Å². The van der Waals surface area contributed by atoms with E-state index < -0.39 is 10.7 Å². The maximum absolute atomic E-state index is 13.2. The molecule has 0 aliphatic carbocycles. The summed E-state index contributed by atoms with van der Waals surface area (Å²) in [5.74, 6) is -0.629. The van der Waals surface area contributed by atoms with Crippen LogP contribution in [0.1, 0.15) is 12.8 Å². The Morgan fingerprint density at radius 1 is 1.50 bits per heavy atom. The van der Waals surface area contributed by atoms with Gasteiger partial charge in [0.15, 0.2) is 0 Å². The average molecular weight is 252 g/mol. The average Bonchev–Trinajstić information content (AvgIpc) is 2.37. The highest BCUT2D eigenvalue weighted by Crippen LogP contribution is 2.20. The largest absolute Gasteiger partial charge is 0.497 e. The van der Waals surface area contributed by atoms with Crippen LogP contribution in [0.2, 0.25) is 0 Å². The summed E-state index contributed by atoms with van der Waals surface area (Å²) < 4.78 is 18.5. The summed E-state index contributed by atoms with van der Waals surface area (Å²) in [6.07, 6.45) is 5.40. The number of non-ortho nitro benzene ring substituents is 1. The number of anilines is 1. The molecule has 1 aliphatic heterocycles. The molecule has 0 aromatic heterocycles. The smallest absolute Gasteiger partial charge is 0.274 e. The van der Waals surface area contributed by atoms with Crippen LogP contribution in [0.4, 0.5) is 15.8 Å². The van der Waals surface area contributed by atoms with E-state index >= 15 is 0 Å². The molecule has 0 saturated carbocycles. The monoisotopic (exact) mass is 252 g/mol. The molecule has 1 atom stereocenters. The lowest BCUT2D eigenvalue weighted by atomic mass is 10.1. The summed E-state index contributed by atoms with van der Waals surface area (Å²) in [6, 6.07) is 3.43. The van der Waals surface area contributed by atoms with Gasteiger partial charge < -0.3 is 10.1 Å². The molecule has 1 N–H and O–H groups in total. The lowest BCUT2D eigenvalue weighted by Gasteiger charge is -2.20. The molecule has 0 bridgehead atoms. The third-order valence-corrected chi connectivity index (χ3v) is 2.65. The molecule has 1 unspecified atom stereocenters. The number of nitrogens with zero attached hydrogens (tertiary/aromatic N) is 1. The molecule has 5 nitrogen and oxygen atoms in total. The van der Waals surface area contributed by atoms with Gasteiger partial charge >= 0.3 is 0 Å². The first-order chi connectivity index (χ1) is 8.65. The van der Waals surface area contributed by atoms with E-state index in [4.69, 9.17) is 4.74 Å². The Bertz CT molecular complexity index is 476. The van der Waals surface area contributed by atoms with E-state index in [1.807, 2.05) is 6.08 Å². The van der Waals surface area contributed by atoms with Gasteiger partial charge in [-0.05, 0) is 25.0 Å². The van der Waals surface area contributed by atoms with Crippen molar-refractivity contribution in [2.45, 2.75) is 18.9 Å². The highest BCUT2D eigenvalue weighted by molar-refractivity contribution is 5.51. The van der Waals surface area contributed by atoms with E-state index in [9.17, 15) is 14.5 Å². The second kappa shape index (κ2) is 5.48. The Morgan fingerprint density at radius 2 is 2.33 bits per heavy atom. The van der Waals surface area contributed by atoms with Gasteiger partial charge in [0.05, 0.1) is 23.8 Å². The molecule has 1 aromatic rings. The topological polar surface area (TPSA) is 64.4 Å². The van der Waals surface area contributed by atoms with Gasteiger partial charge in [0.1, 0.15) is 11.9 Å². The van der Waals surface area contributed by atoms with Crippen LogP contribution in [0.25, 0.3) is 0 Å². The zero-order valence-corrected chi connectivity index (χ0v) is 9.64. The summed E-state index contributed by atoms with van der Waals surface area (Å²) in [7, 11) is 0. The van der Waals surface area contributed by atoms with Crippen molar-refractivity contribution in [3.63, 3.8) is 0 Å². The highest BCUT2D eigenvalue weighted by Gasteiger charge is 2.13. The molecular formula is C12H13FN2O3. The van der Waals surface area contributed by atoms with E-state index in [-0.39, 0.29) is 11.8 Å². The molecule has 1 heterocycles. The van der Waals surface area contributed by atoms with Crippen molar-refractivity contribution in [3.05, 3.63) is 46.5 Å².